The number of aromatic nitrogens is 2. The van der Waals surface area contributed by atoms with Crippen molar-refractivity contribution in [3.8, 4) is 56.2 Å². The van der Waals surface area contributed by atoms with E-state index >= 15 is 0 Å². The molecule has 2 heterocycles. The Balaban J connectivity index is 1.05. The summed E-state index contributed by atoms with van der Waals surface area (Å²) in [6.07, 6.45) is -0.219. The molecule has 0 fully saturated rings. The molecular weight excluding hydrogens is 731 g/mol. The van der Waals surface area contributed by atoms with Gasteiger partial charge in [-0.2, -0.15) is 0 Å². The molecule has 60 heavy (non-hydrogen) atoms. The second-order valence-electron chi connectivity index (χ2n) is 14.9. The van der Waals surface area contributed by atoms with Gasteiger partial charge in [-0.3, -0.25) is 5.32 Å². The molecule has 1 aromatic heterocycles. The molecule has 1 aliphatic heterocycles. The first-order valence-electron chi connectivity index (χ1n) is 20.5. The van der Waals surface area contributed by atoms with Crippen LogP contribution in [0.3, 0.4) is 0 Å². The van der Waals surface area contributed by atoms with Crippen LogP contribution in [0.5, 0.6) is 0 Å². The Bertz CT molecular complexity index is 2940. The van der Waals surface area contributed by atoms with Crippen LogP contribution in [-0.2, 0) is 0 Å². The monoisotopic (exact) mass is 772 g/mol. The number of nitrogens with one attached hydrogen (secondary N) is 1. The van der Waals surface area contributed by atoms with Crippen molar-refractivity contribution < 1.29 is 4.58 Å². The van der Waals surface area contributed by atoms with Crippen LogP contribution in [-0.4, -0.2) is 32.8 Å². The van der Waals surface area contributed by atoms with Crippen molar-refractivity contribution in [1.29, 1.82) is 0 Å². The van der Waals surface area contributed by atoms with Crippen LogP contribution in [0.1, 0.15) is 29.8 Å². The maximum absolute atomic E-state index is 5.35. The van der Waals surface area contributed by atoms with E-state index in [0.717, 1.165) is 74.1 Å². The molecule has 10 rings (SSSR count). The number of rotatable bonds is 9. The lowest BCUT2D eigenvalue weighted by Crippen LogP contribution is -2.44. The van der Waals surface area contributed by atoms with E-state index in [4.69, 9.17) is 15.0 Å². The molecule has 0 saturated heterocycles. The molecule has 8 aromatic carbocycles. The molecule has 1 unspecified atom stereocenters. The maximum atomic E-state index is 5.35. The first kappa shape index (κ1) is 36.6. The Hall–Kier alpha value is -7.76. The predicted molar refractivity (Wildman–Crippen MR) is 247 cm³/mol. The van der Waals surface area contributed by atoms with E-state index < -0.39 is 0 Å². The zero-order chi connectivity index (χ0) is 40.3. The fourth-order valence-corrected chi connectivity index (χ4v) is 8.20. The van der Waals surface area contributed by atoms with Crippen molar-refractivity contribution in [2.45, 2.75) is 13.1 Å². The molecular formula is C55H42N5+. The number of aliphatic imine (C=N–C) groups is 1. The van der Waals surface area contributed by atoms with Gasteiger partial charge in [0, 0.05) is 27.8 Å². The fraction of sp³-hybridized carbons (Fsp3) is 0.0545. The SMILES string of the molecule is CC[N+]1=C(c2ccccc2)NC(c2ccccc2)N=C1c1ccc(-c2c(-c3ccc(-c4cc(-c5ccccc5)nc(-c5ccccc5)n4)cc3)ccc3ccccc23)cc1. The van der Waals surface area contributed by atoms with Crippen LogP contribution >= 0.6 is 0 Å². The third kappa shape index (κ3) is 7.18. The molecule has 0 aliphatic carbocycles. The largest absolute Gasteiger partial charge is 0.268 e. The van der Waals surface area contributed by atoms with Crippen molar-refractivity contribution in [2.75, 3.05) is 6.54 Å². The molecule has 1 N–H and O–H groups in total. The van der Waals surface area contributed by atoms with Gasteiger partial charge in [0.1, 0.15) is 0 Å². The average molecular weight is 773 g/mol. The molecule has 9 aromatic rings. The van der Waals surface area contributed by atoms with E-state index in [0.29, 0.717) is 5.82 Å². The smallest absolute Gasteiger partial charge is 0.265 e. The standard InChI is InChI=1S/C55H41N5/c1-2-60-54(45-24-13-6-14-25-45)58-53(44-22-11-5-12-23-44)59-55(60)46-33-31-42(32-34-46)51-47-26-16-15-17-38(47)35-36-48(51)39-27-29-41(30-28-39)50-37-49(40-18-7-3-8-19-40)56-52(57-50)43-20-9-4-10-21-43/h3-37,53H,2H2,1H3/p+1. The Kier molecular flexibility index (Phi) is 9.90. The highest BCUT2D eigenvalue weighted by Gasteiger charge is 2.32. The molecule has 5 nitrogen and oxygen atoms in total. The van der Waals surface area contributed by atoms with Gasteiger partial charge in [-0.15, -0.1) is 0 Å². The first-order valence-corrected chi connectivity index (χ1v) is 20.5. The molecule has 1 aliphatic rings. The van der Waals surface area contributed by atoms with Crippen molar-refractivity contribution in [3.63, 3.8) is 0 Å². The van der Waals surface area contributed by atoms with Crippen molar-refractivity contribution >= 4 is 22.4 Å². The average Bonchev–Trinajstić information content (AvgIpc) is 3.34. The molecule has 0 saturated carbocycles. The Morgan fingerprint density at radius 1 is 0.467 bits per heavy atom. The van der Waals surface area contributed by atoms with Crippen molar-refractivity contribution in [2.24, 2.45) is 4.99 Å². The highest BCUT2D eigenvalue weighted by atomic mass is 15.3. The lowest BCUT2D eigenvalue weighted by Gasteiger charge is -2.23. The second kappa shape index (κ2) is 16.2. The van der Waals surface area contributed by atoms with E-state index in [1.54, 1.807) is 0 Å². The van der Waals surface area contributed by atoms with Gasteiger partial charge in [0.05, 0.1) is 23.5 Å². The highest BCUT2D eigenvalue weighted by molar-refractivity contribution is 6.06. The maximum Gasteiger partial charge on any atom is 0.268 e. The summed E-state index contributed by atoms with van der Waals surface area (Å²) in [5, 5.41) is 6.16. The first-order chi connectivity index (χ1) is 29.7. The third-order valence-corrected chi connectivity index (χ3v) is 11.2. The van der Waals surface area contributed by atoms with Crippen LogP contribution in [0, 0.1) is 0 Å². The van der Waals surface area contributed by atoms with Gasteiger partial charge in [0.15, 0.2) is 5.82 Å². The fourth-order valence-electron chi connectivity index (χ4n) is 8.20. The number of nitrogens with zero attached hydrogens (tertiary/aromatic N) is 4. The number of fused-ring (bicyclic) bond motifs is 1. The number of benzene rings is 8. The quantitative estimate of drug-likeness (QED) is 0.149. The summed E-state index contributed by atoms with van der Waals surface area (Å²) >= 11 is 0. The minimum absolute atomic E-state index is 0.219. The third-order valence-electron chi connectivity index (χ3n) is 11.2. The lowest BCUT2D eigenvalue weighted by molar-refractivity contribution is -0.407. The van der Waals surface area contributed by atoms with E-state index in [9.17, 15) is 0 Å². The van der Waals surface area contributed by atoms with Gasteiger partial charge in [-0.1, -0.05) is 187 Å². The molecule has 0 bridgehead atoms. The summed E-state index contributed by atoms with van der Waals surface area (Å²) in [5.74, 6) is 2.70. The van der Waals surface area contributed by atoms with Gasteiger partial charge in [0.2, 0.25) is 5.84 Å². The highest BCUT2D eigenvalue weighted by Crippen LogP contribution is 2.39. The Morgan fingerprint density at radius 2 is 0.983 bits per heavy atom. The van der Waals surface area contributed by atoms with Crippen molar-refractivity contribution in [3.05, 3.63) is 229 Å². The summed E-state index contributed by atoms with van der Waals surface area (Å²) in [4.78, 5) is 15.4. The van der Waals surface area contributed by atoms with Crippen LogP contribution in [0.2, 0.25) is 0 Å². The summed E-state index contributed by atoms with van der Waals surface area (Å²) in [7, 11) is 0. The molecule has 1 atom stereocenters. The van der Waals surface area contributed by atoms with Gasteiger partial charge in [0.25, 0.3) is 12.0 Å². The normalized spacial score (nSPS) is 13.8. The summed E-state index contributed by atoms with van der Waals surface area (Å²) in [5.41, 5.74) is 12.8. The van der Waals surface area contributed by atoms with Crippen LogP contribution in [0.4, 0.5) is 0 Å². The molecule has 0 amide bonds. The number of amidine groups is 2. The van der Waals surface area contributed by atoms with Crippen LogP contribution < -0.4 is 5.32 Å². The second-order valence-corrected chi connectivity index (χ2v) is 14.9. The van der Waals surface area contributed by atoms with E-state index in [2.05, 4.69) is 187 Å². The van der Waals surface area contributed by atoms with Gasteiger partial charge in [-0.05, 0) is 70.3 Å². The molecule has 286 valence electrons. The van der Waals surface area contributed by atoms with E-state index in [1.165, 1.54) is 21.9 Å². The molecule has 0 spiro atoms. The van der Waals surface area contributed by atoms with E-state index in [-0.39, 0.29) is 6.17 Å². The summed E-state index contributed by atoms with van der Waals surface area (Å²) in [6, 6.07) is 74.5. The minimum Gasteiger partial charge on any atom is -0.265 e. The van der Waals surface area contributed by atoms with Crippen LogP contribution in [0.25, 0.3) is 66.9 Å². The number of hydrogen-bond acceptors (Lipinski definition) is 4. The van der Waals surface area contributed by atoms with Crippen LogP contribution in [0.15, 0.2) is 217 Å². The number of hydrogen-bond donors (Lipinski definition) is 1. The Morgan fingerprint density at radius 3 is 1.63 bits per heavy atom. The topological polar surface area (TPSA) is 53.2 Å². The molecule has 5 heteroatoms. The van der Waals surface area contributed by atoms with Gasteiger partial charge < -0.3 is 0 Å². The predicted octanol–water partition coefficient (Wildman–Crippen LogP) is 12.5. The molecule has 0 radical (unpaired) electrons. The van der Waals surface area contributed by atoms with Crippen molar-refractivity contribution in [1.82, 2.24) is 15.3 Å². The minimum atomic E-state index is -0.219. The van der Waals surface area contributed by atoms with Gasteiger partial charge in [-0.25, -0.2) is 14.5 Å². The zero-order valence-corrected chi connectivity index (χ0v) is 33.3. The lowest BCUT2D eigenvalue weighted by atomic mass is 9.89. The zero-order valence-electron chi connectivity index (χ0n) is 33.3. The Labute approximate surface area is 350 Å². The van der Waals surface area contributed by atoms with E-state index in [1.807, 2.05) is 42.5 Å². The van der Waals surface area contributed by atoms with Gasteiger partial charge >= 0.3 is 0 Å². The summed E-state index contributed by atoms with van der Waals surface area (Å²) < 4.78 is 2.29. The summed E-state index contributed by atoms with van der Waals surface area (Å²) in [6.45, 7) is 2.94.